The molecule has 1 aromatic rings. The van der Waals surface area contributed by atoms with E-state index in [-0.39, 0.29) is 51.4 Å². The van der Waals surface area contributed by atoms with Crippen molar-refractivity contribution in [2.45, 2.75) is 233 Å². The lowest BCUT2D eigenvalue weighted by Gasteiger charge is -2.29. The first kappa shape index (κ1) is 80.5. The largest absolute Gasteiger partial charge is 0.444 e. The van der Waals surface area contributed by atoms with Crippen LogP contribution in [-0.2, 0) is 73.4 Å². The van der Waals surface area contributed by atoms with E-state index >= 15 is 0 Å². The molecular formula is C61H101N13O19. The minimum atomic E-state index is -1.83. The molecule has 0 bridgehead atoms. The molecule has 1 aliphatic heterocycles. The molecule has 10 atom stereocenters. The van der Waals surface area contributed by atoms with Gasteiger partial charge in [0.1, 0.15) is 65.1 Å². The molecule has 0 saturated carbocycles. The second-order valence-electron chi connectivity index (χ2n) is 25.7. The Kier molecular flexibility index (Phi) is 33.9. The first-order chi connectivity index (χ1) is 43.3. The minimum absolute atomic E-state index is 0.0732. The molecule has 0 spiro atoms. The maximum atomic E-state index is 14.8. The molecule has 14 N–H and O–H groups in total. The SMILES string of the molecule is CCCCO[C@H](C)[C@H](NC(C)=O)C(=O)NOC(=O)N[C@H]1CCNC(=O)[C@H]([C@@H](C)O)NC(=O)[C@H](CCNC(=O)OC(C)(C)C)NC(=O)[C@H](CCNC(=O)OC(C)(C)C)NC(=O)[C@H](CC(C)C)NC(=O)[C@@H](Cc2ccccc2)NC(=O)[C@H](CCNC(=O)OC(C)(C)C)NC1=O. The summed E-state index contributed by atoms with van der Waals surface area (Å²) in [6, 6.07) is -4.64. The van der Waals surface area contributed by atoms with Crippen molar-refractivity contribution in [1.29, 1.82) is 0 Å². The molecule has 1 saturated heterocycles. The number of nitrogens with one attached hydrogen (secondary N) is 13. The number of aliphatic hydroxyl groups is 1. The minimum Gasteiger partial charge on any atom is -0.444 e. The second kappa shape index (κ2) is 39.1. The number of hydrogen-bond acceptors (Lipinski definition) is 19. The number of aliphatic hydroxyl groups excluding tert-OH is 1. The number of carbonyl (C=O) groups excluding carboxylic acids is 13. The Morgan fingerprint density at radius 2 is 1.01 bits per heavy atom. The van der Waals surface area contributed by atoms with E-state index in [2.05, 4.69) is 63.8 Å². The molecule has 93 heavy (non-hydrogen) atoms. The number of benzene rings is 1. The summed E-state index contributed by atoms with van der Waals surface area (Å²) >= 11 is 0. The molecule has 32 heteroatoms. The van der Waals surface area contributed by atoms with Gasteiger partial charge in [-0.25, -0.2) is 19.2 Å². The fourth-order valence-corrected chi connectivity index (χ4v) is 8.66. The average molecular weight is 1320 g/mol. The lowest BCUT2D eigenvalue weighted by atomic mass is 10.00. The van der Waals surface area contributed by atoms with Crippen LogP contribution in [0.5, 0.6) is 0 Å². The summed E-state index contributed by atoms with van der Waals surface area (Å²) in [4.78, 5) is 185. The van der Waals surface area contributed by atoms with Crippen molar-refractivity contribution in [2.24, 2.45) is 5.92 Å². The van der Waals surface area contributed by atoms with Crippen molar-refractivity contribution >= 4 is 77.5 Å². The maximum absolute atomic E-state index is 14.8. The van der Waals surface area contributed by atoms with Gasteiger partial charge < -0.3 is 92.7 Å². The lowest BCUT2D eigenvalue weighted by molar-refractivity contribution is -0.138. The zero-order chi connectivity index (χ0) is 70.4. The Hall–Kier alpha value is -8.55. The Balaban J connectivity index is 2.93. The van der Waals surface area contributed by atoms with Gasteiger partial charge >= 0.3 is 24.4 Å². The lowest BCUT2D eigenvalue weighted by Crippen LogP contribution is -2.61. The molecule has 524 valence electrons. The Bertz CT molecular complexity index is 2680. The van der Waals surface area contributed by atoms with E-state index in [0.717, 1.165) is 20.3 Å². The summed E-state index contributed by atoms with van der Waals surface area (Å²) in [6.07, 6.45) is -7.44. The Morgan fingerprint density at radius 1 is 0.581 bits per heavy atom. The Morgan fingerprint density at radius 3 is 1.45 bits per heavy atom. The van der Waals surface area contributed by atoms with Crippen LogP contribution in [0.4, 0.5) is 19.2 Å². The summed E-state index contributed by atoms with van der Waals surface area (Å²) in [5.41, 5.74) is -0.401. The van der Waals surface area contributed by atoms with Crippen LogP contribution in [0.2, 0.25) is 0 Å². The molecule has 1 heterocycles. The van der Waals surface area contributed by atoms with Crippen molar-refractivity contribution in [2.75, 3.05) is 32.8 Å². The molecule has 0 aromatic heterocycles. The van der Waals surface area contributed by atoms with E-state index in [1.54, 1.807) is 106 Å². The molecule has 1 aromatic carbocycles. The van der Waals surface area contributed by atoms with Gasteiger partial charge in [-0.2, -0.15) is 5.48 Å². The molecule has 1 fully saturated rings. The van der Waals surface area contributed by atoms with Crippen molar-refractivity contribution < 1.29 is 91.2 Å². The van der Waals surface area contributed by atoms with Gasteiger partial charge in [-0.3, -0.25) is 43.2 Å². The highest BCUT2D eigenvalue weighted by atomic mass is 16.7. The van der Waals surface area contributed by atoms with Gasteiger partial charge in [0, 0.05) is 46.1 Å². The quantitative estimate of drug-likeness (QED) is 0.0431. The van der Waals surface area contributed by atoms with Crippen LogP contribution in [0.25, 0.3) is 0 Å². The third-order valence-corrected chi connectivity index (χ3v) is 13.1. The van der Waals surface area contributed by atoms with E-state index in [4.69, 9.17) is 23.8 Å². The van der Waals surface area contributed by atoms with Crippen LogP contribution in [0.15, 0.2) is 30.3 Å². The number of rotatable bonds is 22. The predicted octanol–water partition coefficient (Wildman–Crippen LogP) is 0.665. The molecule has 32 nitrogen and oxygen atoms in total. The van der Waals surface area contributed by atoms with Gasteiger partial charge in [-0.05, 0) is 126 Å². The highest BCUT2D eigenvalue weighted by molar-refractivity contribution is 5.98. The van der Waals surface area contributed by atoms with Crippen molar-refractivity contribution in [3.05, 3.63) is 35.9 Å². The molecule has 13 amide bonds. The third-order valence-electron chi connectivity index (χ3n) is 13.1. The number of alkyl carbamates (subject to hydrolysis) is 3. The molecule has 2 rings (SSSR count). The fourth-order valence-electron chi connectivity index (χ4n) is 8.66. The standard InChI is InChI=1S/C61H101N13O19/c1-16-17-31-89-36(5)46(66-37(6)76)54(84)74-93-58(88)72-42-23-27-62-53(83)45(35(4)75)73-50(80)41(26-30-65-57(87)92-61(13,14)15)68-47(77)39(24-28-63-55(85)90-59(7,8)9)69-51(81)43(32-34(2)3)70-52(82)44(33-38-21-19-18-20-22-38)71-48(78)40(67-49(42)79)25-29-64-56(86)91-60(10,11)12/h18-22,34-36,39-46,75H,16-17,23-33H2,1-15H3,(H,62,83)(H,63,85)(H,64,86)(H,65,87)(H,66,76)(H,67,79)(H,68,77)(H,69,81)(H,70,82)(H,71,78)(H,72,88)(H,73,80)(H,74,84)/t35-,36-,39+,40+,41+,42+,43+,44-,45+,46+/m1/s1. The van der Waals surface area contributed by atoms with E-state index in [0.29, 0.717) is 12.0 Å². The van der Waals surface area contributed by atoms with Crippen LogP contribution >= 0.6 is 0 Å². The summed E-state index contributed by atoms with van der Waals surface area (Å²) in [5.74, 6) is -9.27. The third kappa shape index (κ3) is 33.6. The van der Waals surface area contributed by atoms with Crippen LogP contribution < -0.4 is 69.3 Å². The molecule has 0 radical (unpaired) electrons. The van der Waals surface area contributed by atoms with Gasteiger partial charge in [0.2, 0.25) is 47.3 Å². The maximum Gasteiger partial charge on any atom is 0.432 e. The second-order valence-corrected chi connectivity index (χ2v) is 25.7. The van der Waals surface area contributed by atoms with Gasteiger partial charge in [-0.1, -0.05) is 57.5 Å². The van der Waals surface area contributed by atoms with E-state index < -0.39 is 181 Å². The molecule has 0 unspecified atom stereocenters. The monoisotopic (exact) mass is 1320 g/mol. The normalized spacial score (nSPS) is 21.1. The number of hydrogen-bond donors (Lipinski definition) is 14. The topological polar surface area (TPSA) is 445 Å². The smallest absolute Gasteiger partial charge is 0.432 e. The predicted molar refractivity (Wildman–Crippen MR) is 337 cm³/mol. The van der Waals surface area contributed by atoms with Crippen LogP contribution in [0.3, 0.4) is 0 Å². The number of ether oxygens (including phenoxy) is 4. The van der Waals surface area contributed by atoms with E-state index in [9.17, 15) is 67.4 Å². The Labute approximate surface area is 543 Å². The van der Waals surface area contributed by atoms with E-state index in [1.165, 1.54) is 6.92 Å². The molecule has 1 aliphatic rings. The summed E-state index contributed by atoms with van der Waals surface area (Å²) < 4.78 is 21.8. The zero-order valence-corrected chi connectivity index (χ0v) is 56.2. The first-order valence-corrected chi connectivity index (χ1v) is 31.2. The highest BCUT2D eigenvalue weighted by Crippen LogP contribution is 2.14. The summed E-state index contributed by atoms with van der Waals surface area (Å²) in [5, 5.41) is 41.1. The number of carbonyl (C=O) groups is 13. The van der Waals surface area contributed by atoms with Crippen molar-refractivity contribution in [1.82, 2.24) is 69.3 Å². The first-order valence-electron chi connectivity index (χ1n) is 31.2. The number of unbranched alkanes of at least 4 members (excludes halogenated alkanes) is 1. The summed E-state index contributed by atoms with van der Waals surface area (Å²) in [7, 11) is 0. The number of amides is 13. The van der Waals surface area contributed by atoms with Crippen LogP contribution in [0.1, 0.15) is 154 Å². The van der Waals surface area contributed by atoms with Crippen LogP contribution in [0, 0.1) is 5.92 Å². The van der Waals surface area contributed by atoms with Gasteiger partial charge in [0.05, 0.1) is 12.2 Å². The van der Waals surface area contributed by atoms with Crippen molar-refractivity contribution in [3.63, 3.8) is 0 Å². The van der Waals surface area contributed by atoms with E-state index in [1.807, 2.05) is 12.4 Å². The van der Waals surface area contributed by atoms with Crippen molar-refractivity contribution in [3.8, 4) is 0 Å². The van der Waals surface area contributed by atoms with Gasteiger partial charge in [0.15, 0.2) is 0 Å². The molecular weight excluding hydrogens is 1220 g/mol. The van der Waals surface area contributed by atoms with Gasteiger partial charge in [0.25, 0.3) is 5.91 Å². The highest BCUT2D eigenvalue weighted by Gasteiger charge is 2.37. The fraction of sp³-hybridized carbons (Fsp3) is 0.689. The average Bonchev–Trinajstić information content (AvgIpc) is 1.21. The summed E-state index contributed by atoms with van der Waals surface area (Å²) in [6.45, 7) is 22.4. The van der Waals surface area contributed by atoms with Gasteiger partial charge in [-0.15, -0.1) is 0 Å². The zero-order valence-electron chi connectivity index (χ0n) is 56.2. The van der Waals surface area contributed by atoms with Crippen LogP contribution in [-0.4, -0.2) is 193 Å². The number of hydroxylamine groups is 1. The molecule has 0 aliphatic carbocycles.